The molecule has 0 fully saturated rings. The normalized spacial score (nSPS) is 12.3. The van der Waals surface area contributed by atoms with Crippen molar-refractivity contribution in [3.8, 4) is 6.07 Å². The summed E-state index contributed by atoms with van der Waals surface area (Å²) in [4.78, 5) is 4.07. The highest BCUT2D eigenvalue weighted by Crippen LogP contribution is 2.18. The van der Waals surface area contributed by atoms with Crippen LogP contribution in [0.2, 0.25) is 0 Å². The van der Waals surface area contributed by atoms with Crippen LogP contribution in [0.4, 0.5) is 5.69 Å². The highest BCUT2D eigenvalue weighted by molar-refractivity contribution is 6.43. The molecule has 3 nitrogen and oxygen atoms in total. The van der Waals surface area contributed by atoms with Gasteiger partial charge in [-0.3, -0.25) is 0 Å². The summed E-state index contributed by atoms with van der Waals surface area (Å²) >= 11 is 5.78. The first-order chi connectivity index (χ1) is 7.19. The van der Waals surface area contributed by atoms with Crippen LogP contribution in [0.3, 0.4) is 0 Å². The Kier molecular flexibility index (Phi) is 3.90. The fraction of sp³-hybridized carbons (Fsp3) is 0.0909. The highest BCUT2D eigenvalue weighted by Gasteiger charge is 2.01. The lowest BCUT2D eigenvalue weighted by Crippen LogP contribution is -2.10. The van der Waals surface area contributed by atoms with E-state index in [1.807, 2.05) is 6.07 Å². The van der Waals surface area contributed by atoms with E-state index < -0.39 is 0 Å². The van der Waals surface area contributed by atoms with Crippen LogP contribution in [-0.2, 0) is 0 Å². The maximum atomic E-state index is 8.82. The second-order valence-electron chi connectivity index (χ2n) is 2.76. The molecule has 0 spiro atoms. The van der Waals surface area contributed by atoms with Gasteiger partial charge in [-0.1, -0.05) is 29.8 Å². The molecule has 0 aliphatic carbocycles. The van der Waals surface area contributed by atoms with Crippen molar-refractivity contribution in [2.75, 3.05) is 0 Å². The quantitative estimate of drug-likeness (QED) is 0.614. The zero-order valence-corrected chi connectivity index (χ0v) is 8.99. The van der Waals surface area contributed by atoms with Gasteiger partial charge in [0.05, 0.1) is 16.3 Å². The number of aliphatic imine (C=N–C) groups is 1. The molecular formula is C11H10ClN3. The standard InChI is InChI=1S/C11H10ClN3/c1-2-9(12)11(14)15-10-6-4-3-5-8(10)7-13/h2-6H,1H3,(H2,14,15)/b9-2+. The summed E-state index contributed by atoms with van der Waals surface area (Å²) in [5.74, 6) is 0.210. The fourth-order valence-electron chi connectivity index (χ4n) is 0.997. The second-order valence-corrected chi connectivity index (χ2v) is 3.17. The van der Waals surface area contributed by atoms with Gasteiger partial charge in [-0.05, 0) is 19.1 Å². The average molecular weight is 220 g/mol. The monoisotopic (exact) mass is 219 g/mol. The molecule has 15 heavy (non-hydrogen) atoms. The number of para-hydroxylation sites is 1. The third-order valence-electron chi connectivity index (χ3n) is 1.76. The number of benzene rings is 1. The van der Waals surface area contributed by atoms with Crippen molar-refractivity contribution in [2.45, 2.75) is 6.92 Å². The van der Waals surface area contributed by atoms with Crippen molar-refractivity contribution < 1.29 is 0 Å². The summed E-state index contributed by atoms with van der Waals surface area (Å²) in [6, 6.07) is 8.98. The van der Waals surface area contributed by atoms with E-state index in [4.69, 9.17) is 22.6 Å². The van der Waals surface area contributed by atoms with E-state index in [-0.39, 0.29) is 5.84 Å². The first kappa shape index (κ1) is 11.3. The molecule has 0 unspecified atom stereocenters. The number of hydrogen-bond acceptors (Lipinski definition) is 2. The lowest BCUT2D eigenvalue weighted by Gasteiger charge is -1.99. The van der Waals surface area contributed by atoms with Gasteiger partial charge < -0.3 is 5.73 Å². The van der Waals surface area contributed by atoms with Crippen LogP contribution in [0, 0.1) is 11.3 Å². The van der Waals surface area contributed by atoms with Crippen LogP contribution in [-0.4, -0.2) is 5.84 Å². The molecule has 0 aromatic heterocycles. The summed E-state index contributed by atoms with van der Waals surface area (Å²) in [6.07, 6.45) is 1.65. The minimum atomic E-state index is 0.210. The Morgan fingerprint density at radius 3 is 2.80 bits per heavy atom. The van der Waals surface area contributed by atoms with E-state index in [1.54, 1.807) is 37.3 Å². The van der Waals surface area contributed by atoms with Gasteiger partial charge in [0.15, 0.2) is 0 Å². The van der Waals surface area contributed by atoms with Crippen molar-refractivity contribution >= 4 is 23.1 Å². The van der Waals surface area contributed by atoms with Gasteiger partial charge >= 0.3 is 0 Å². The van der Waals surface area contributed by atoms with Crippen molar-refractivity contribution in [1.82, 2.24) is 0 Å². The number of hydrogen-bond donors (Lipinski definition) is 1. The van der Waals surface area contributed by atoms with E-state index in [0.717, 1.165) is 0 Å². The van der Waals surface area contributed by atoms with Gasteiger partial charge in [0, 0.05) is 0 Å². The van der Waals surface area contributed by atoms with Crippen LogP contribution in [0.5, 0.6) is 0 Å². The molecule has 4 heteroatoms. The first-order valence-electron chi connectivity index (χ1n) is 4.34. The summed E-state index contributed by atoms with van der Waals surface area (Å²) < 4.78 is 0. The maximum absolute atomic E-state index is 8.82. The van der Waals surface area contributed by atoms with Crippen LogP contribution in [0.15, 0.2) is 40.4 Å². The molecule has 1 rings (SSSR count). The minimum Gasteiger partial charge on any atom is -0.382 e. The third kappa shape index (κ3) is 2.83. The molecule has 76 valence electrons. The van der Waals surface area contributed by atoms with E-state index in [2.05, 4.69) is 4.99 Å². The SMILES string of the molecule is C/C=C(/Cl)C(N)=Nc1ccccc1C#N. The lowest BCUT2D eigenvalue weighted by molar-refractivity contribution is 1.42. The Morgan fingerprint density at radius 1 is 1.53 bits per heavy atom. The van der Waals surface area contributed by atoms with Gasteiger partial charge in [-0.25, -0.2) is 4.99 Å². The molecule has 0 aliphatic rings. The Bertz CT molecular complexity index is 455. The zero-order valence-electron chi connectivity index (χ0n) is 8.24. The van der Waals surface area contributed by atoms with Gasteiger partial charge in [-0.2, -0.15) is 5.26 Å². The zero-order chi connectivity index (χ0) is 11.3. The van der Waals surface area contributed by atoms with E-state index in [9.17, 15) is 0 Å². The van der Waals surface area contributed by atoms with Gasteiger partial charge in [0.25, 0.3) is 0 Å². The molecule has 1 aromatic carbocycles. The molecule has 0 saturated carbocycles. The highest BCUT2D eigenvalue weighted by atomic mass is 35.5. The summed E-state index contributed by atoms with van der Waals surface area (Å²) in [5.41, 5.74) is 6.62. The van der Waals surface area contributed by atoms with Crippen LogP contribution in [0.1, 0.15) is 12.5 Å². The molecule has 0 saturated heterocycles. The van der Waals surface area contributed by atoms with Gasteiger partial charge in [0.2, 0.25) is 0 Å². The lowest BCUT2D eigenvalue weighted by atomic mass is 10.2. The minimum absolute atomic E-state index is 0.210. The molecule has 1 aromatic rings. The average Bonchev–Trinajstić information content (AvgIpc) is 2.28. The largest absolute Gasteiger partial charge is 0.382 e. The van der Waals surface area contributed by atoms with E-state index in [1.165, 1.54) is 0 Å². The van der Waals surface area contributed by atoms with Crippen LogP contribution >= 0.6 is 11.6 Å². The molecule has 2 N–H and O–H groups in total. The molecule has 0 atom stereocenters. The van der Waals surface area contributed by atoms with Gasteiger partial charge in [0.1, 0.15) is 11.9 Å². The van der Waals surface area contributed by atoms with E-state index in [0.29, 0.717) is 16.3 Å². The summed E-state index contributed by atoms with van der Waals surface area (Å²) in [7, 11) is 0. The predicted octanol–water partition coefficient (Wildman–Crippen LogP) is 2.69. The van der Waals surface area contributed by atoms with Gasteiger partial charge in [-0.15, -0.1) is 0 Å². The Hall–Kier alpha value is -1.79. The number of allylic oxidation sites excluding steroid dienone is 1. The number of amidine groups is 1. The fourth-order valence-corrected chi connectivity index (χ4v) is 1.04. The van der Waals surface area contributed by atoms with Crippen molar-refractivity contribution in [3.63, 3.8) is 0 Å². The number of nitrogens with two attached hydrogens (primary N) is 1. The number of nitriles is 1. The molecular weight excluding hydrogens is 210 g/mol. The predicted molar refractivity (Wildman–Crippen MR) is 62.0 cm³/mol. The number of halogens is 1. The molecule has 0 aliphatic heterocycles. The van der Waals surface area contributed by atoms with Crippen LogP contribution in [0.25, 0.3) is 0 Å². The van der Waals surface area contributed by atoms with Crippen molar-refractivity contribution in [3.05, 3.63) is 40.9 Å². The molecule has 0 amide bonds. The Balaban J connectivity index is 3.15. The second kappa shape index (κ2) is 5.18. The van der Waals surface area contributed by atoms with Crippen LogP contribution < -0.4 is 5.73 Å². The number of rotatable bonds is 2. The van der Waals surface area contributed by atoms with Crippen molar-refractivity contribution in [2.24, 2.45) is 10.7 Å². The summed E-state index contributed by atoms with van der Waals surface area (Å²) in [5, 5.41) is 9.20. The van der Waals surface area contributed by atoms with E-state index >= 15 is 0 Å². The Morgan fingerprint density at radius 2 is 2.20 bits per heavy atom. The maximum Gasteiger partial charge on any atom is 0.142 e. The molecule has 0 bridgehead atoms. The van der Waals surface area contributed by atoms with Crippen molar-refractivity contribution in [1.29, 1.82) is 5.26 Å². The summed E-state index contributed by atoms with van der Waals surface area (Å²) in [6.45, 7) is 1.76. The third-order valence-corrected chi connectivity index (χ3v) is 2.18. The topological polar surface area (TPSA) is 62.2 Å². The molecule has 0 heterocycles. The smallest absolute Gasteiger partial charge is 0.142 e. The first-order valence-corrected chi connectivity index (χ1v) is 4.72. The molecule has 0 radical (unpaired) electrons. The number of nitrogens with zero attached hydrogens (tertiary/aromatic N) is 2. The Labute approximate surface area is 93.5 Å².